The number of hydrogen-bond acceptors (Lipinski definition) is 3. The lowest BCUT2D eigenvalue weighted by Crippen LogP contribution is -2.22. The maximum atomic E-state index is 9.56. The fourth-order valence-electron chi connectivity index (χ4n) is 2.54. The number of imidazole rings is 1. The first-order chi connectivity index (χ1) is 7.33. The summed E-state index contributed by atoms with van der Waals surface area (Å²) in [7, 11) is 0. The van der Waals surface area contributed by atoms with Crippen LogP contribution in [-0.2, 0) is 13.0 Å². The molecule has 1 saturated heterocycles. The van der Waals surface area contributed by atoms with Crippen molar-refractivity contribution in [2.45, 2.75) is 37.8 Å². The number of aryl methyl sites for hydroxylation is 1. The molecule has 82 valence electrons. The lowest BCUT2D eigenvalue weighted by atomic mass is 10.1. The van der Waals surface area contributed by atoms with Crippen LogP contribution in [0.25, 0.3) is 0 Å². The molecule has 2 aliphatic heterocycles. The number of aromatic nitrogens is 2. The summed E-state index contributed by atoms with van der Waals surface area (Å²) in [6, 6.07) is 0. The maximum absolute atomic E-state index is 9.56. The molecule has 0 saturated carbocycles. The molecule has 15 heavy (non-hydrogen) atoms. The molecule has 3 heterocycles. The van der Waals surface area contributed by atoms with E-state index in [1.807, 2.05) is 0 Å². The second kappa shape index (κ2) is 3.61. The Bertz CT molecular complexity index is 355. The Kier molecular flexibility index (Phi) is 2.25. The second-order valence-corrected chi connectivity index (χ2v) is 4.61. The van der Waals surface area contributed by atoms with Crippen LogP contribution in [-0.4, -0.2) is 33.9 Å². The number of rotatable bonds is 1. The van der Waals surface area contributed by atoms with Gasteiger partial charge >= 0.3 is 0 Å². The molecule has 0 aliphatic carbocycles. The maximum Gasteiger partial charge on any atom is 0.111 e. The van der Waals surface area contributed by atoms with Crippen LogP contribution in [0.2, 0.25) is 0 Å². The zero-order chi connectivity index (χ0) is 10.3. The molecule has 0 spiro atoms. The Labute approximate surface area is 89.3 Å². The highest BCUT2D eigenvalue weighted by molar-refractivity contribution is 5.13. The standard InChI is InChI=1S/C11H17N3O/c15-9-2-4-14-7-10(13-11(14)5-9)8-1-3-12-6-8/h7-9,12,15H,1-6H2. The first-order valence-corrected chi connectivity index (χ1v) is 5.77. The van der Waals surface area contributed by atoms with E-state index < -0.39 is 0 Å². The van der Waals surface area contributed by atoms with Gasteiger partial charge in [-0.2, -0.15) is 0 Å². The first-order valence-electron chi connectivity index (χ1n) is 5.77. The van der Waals surface area contributed by atoms with Crippen molar-refractivity contribution >= 4 is 0 Å². The molecule has 2 N–H and O–H groups in total. The third kappa shape index (κ3) is 1.68. The van der Waals surface area contributed by atoms with E-state index in [1.165, 1.54) is 12.1 Å². The molecule has 2 unspecified atom stereocenters. The van der Waals surface area contributed by atoms with Crippen LogP contribution in [0.15, 0.2) is 6.20 Å². The van der Waals surface area contributed by atoms with E-state index in [4.69, 9.17) is 0 Å². The molecule has 1 aromatic heterocycles. The van der Waals surface area contributed by atoms with Gasteiger partial charge in [0.15, 0.2) is 0 Å². The van der Waals surface area contributed by atoms with Crippen molar-refractivity contribution in [1.82, 2.24) is 14.9 Å². The topological polar surface area (TPSA) is 50.1 Å². The van der Waals surface area contributed by atoms with Crippen molar-refractivity contribution in [3.63, 3.8) is 0 Å². The van der Waals surface area contributed by atoms with Gasteiger partial charge in [0.2, 0.25) is 0 Å². The summed E-state index contributed by atoms with van der Waals surface area (Å²) in [6.45, 7) is 3.08. The normalized spacial score (nSPS) is 30.5. The van der Waals surface area contributed by atoms with Crippen LogP contribution in [0, 0.1) is 0 Å². The van der Waals surface area contributed by atoms with Crippen LogP contribution in [0.4, 0.5) is 0 Å². The lowest BCUT2D eigenvalue weighted by Gasteiger charge is -2.18. The predicted molar refractivity (Wildman–Crippen MR) is 56.8 cm³/mol. The predicted octanol–water partition coefficient (Wildman–Crippen LogP) is 0.267. The van der Waals surface area contributed by atoms with Crippen molar-refractivity contribution in [2.75, 3.05) is 13.1 Å². The van der Waals surface area contributed by atoms with E-state index in [-0.39, 0.29) is 6.10 Å². The average molecular weight is 207 g/mol. The Morgan fingerprint density at radius 2 is 2.40 bits per heavy atom. The van der Waals surface area contributed by atoms with E-state index in [2.05, 4.69) is 21.1 Å². The summed E-state index contributed by atoms with van der Waals surface area (Å²) < 4.78 is 2.21. The fraction of sp³-hybridized carbons (Fsp3) is 0.727. The van der Waals surface area contributed by atoms with Gasteiger partial charge in [0, 0.05) is 31.6 Å². The first kappa shape index (κ1) is 9.36. The molecular weight excluding hydrogens is 190 g/mol. The smallest absolute Gasteiger partial charge is 0.111 e. The van der Waals surface area contributed by atoms with Crippen LogP contribution in [0.1, 0.15) is 30.3 Å². The van der Waals surface area contributed by atoms with Crippen molar-refractivity contribution < 1.29 is 5.11 Å². The zero-order valence-electron chi connectivity index (χ0n) is 8.82. The van der Waals surface area contributed by atoms with E-state index in [1.54, 1.807) is 0 Å². The summed E-state index contributed by atoms with van der Waals surface area (Å²) in [5, 5.41) is 12.9. The van der Waals surface area contributed by atoms with Crippen LogP contribution in [0.3, 0.4) is 0 Å². The molecule has 1 fully saturated rings. The van der Waals surface area contributed by atoms with Gasteiger partial charge in [-0.05, 0) is 19.4 Å². The zero-order valence-corrected chi connectivity index (χ0v) is 8.82. The SMILES string of the molecule is OC1CCn2cc(C3CCNC3)nc2C1. The summed E-state index contributed by atoms with van der Waals surface area (Å²) >= 11 is 0. The summed E-state index contributed by atoms with van der Waals surface area (Å²) in [6.07, 6.45) is 4.78. The molecule has 4 nitrogen and oxygen atoms in total. The van der Waals surface area contributed by atoms with Gasteiger partial charge in [-0.1, -0.05) is 0 Å². The van der Waals surface area contributed by atoms with Crippen LogP contribution in [0.5, 0.6) is 0 Å². The Morgan fingerprint density at radius 1 is 1.47 bits per heavy atom. The number of aliphatic hydroxyl groups is 1. The summed E-state index contributed by atoms with van der Waals surface area (Å²) in [4.78, 5) is 4.65. The van der Waals surface area contributed by atoms with Gasteiger partial charge in [-0.15, -0.1) is 0 Å². The van der Waals surface area contributed by atoms with E-state index >= 15 is 0 Å². The monoisotopic (exact) mass is 207 g/mol. The Balaban J connectivity index is 1.85. The highest BCUT2D eigenvalue weighted by Gasteiger charge is 2.23. The molecular formula is C11H17N3O. The number of nitrogens with zero attached hydrogens (tertiary/aromatic N) is 2. The molecule has 0 radical (unpaired) electrons. The Morgan fingerprint density at radius 3 is 3.20 bits per heavy atom. The van der Waals surface area contributed by atoms with E-state index in [9.17, 15) is 5.11 Å². The number of aliphatic hydroxyl groups excluding tert-OH is 1. The van der Waals surface area contributed by atoms with Gasteiger partial charge in [-0.25, -0.2) is 4.98 Å². The summed E-state index contributed by atoms with van der Waals surface area (Å²) in [5.74, 6) is 1.65. The van der Waals surface area contributed by atoms with Gasteiger partial charge in [-0.3, -0.25) is 0 Å². The molecule has 0 amide bonds. The third-order valence-corrected chi connectivity index (χ3v) is 3.48. The van der Waals surface area contributed by atoms with Gasteiger partial charge in [0.05, 0.1) is 11.8 Å². The van der Waals surface area contributed by atoms with Crippen molar-refractivity contribution in [3.8, 4) is 0 Å². The third-order valence-electron chi connectivity index (χ3n) is 3.48. The molecule has 3 rings (SSSR count). The minimum absolute atomic E-state index is 0.186. The van der Waals surface area contributed by atoms with Gasteiger partial charge in [0.1, 0.15) is 5.82 Å². The minimum Gasteiger partial charge on any atom is -0.393 e. The van der Waals surface area contributed by atoms with E-state index in [0.717, 1.165) is 38.3 Å². The molecule has 1 aromatic rings. The summed E-state index contributed by atoms with van der Waals surface area (Å²) in [5.41, 5.74) is 1.21. The second-order valence-electron chi connectivity index (χ2n) is 4.61. The largest absolute Gasteiger partial charge is 0.393 e. The fourth-order valence-corrected chi connectivity index (χ4v) is 2.54. The highest BCUT2D eigenvalue weighted by atomic mass is 16.3. The van der Waals surface area contributed by atoms with E-state index in [0.29, 0.717) is 5.92 Å². The molecule has 0 aromatic carbocycles. The molecule has 2 atom stereocenters. The Hall–Kier alpha value is -0.870. The van der Waals surface area contributed by atoms with Crippen molar-refractivity contribution in [2.24, 2.45) is 0 Å². The highest BCUT2D eigenvalue weighted by Crippen LogP contribution is 2.24. The van der Waals surface area contributed by atoms with Gasteiger partial charge < -0.3 is 15.0 Å². The van der Waals surface area contributed by atoms with Crippen LogP contribution >= 0.6 is 0 Å². The van der Waals surface area contributed by atoms with Crippen LogP contribution < -0.4 is 5.32 Å². The number of hydrogen-bond donors (Lipinski definition) is 2. The molecule has 0 bridgehead atoms. The van der Waals surface area contributed by atoms with Gasteiger partial charge in [0.25, 0.3) is 0 Å². The lowest BCUT2D eigenvalue weighted by molar-refractivity contribution is 0.141. The molecule has 2 aliphatic rings. The quantitative estimate of drug-likeness (QED) is 0.695. The van der Waals surface area contributed by atoms with Crippen molar-refractivity contribution in [3.05, 3.63) is 17.7 Å². The number of fused-ring (bicyclic) bond motifs is 1. The molecule has 4 heteroatoms. The minimum atomic E-state index is -0.186. The van der Waals surface area contributed by atoms with Crippen molar-refractivity contribution in [1.29, 1.82) is 0 Å². The average Bonchev–Trinajstić information content (AvgIpc) is 2.84. The number of nitrogens with one attached hydrogen (secondary N) is 1.